The second-order valence-corrected chi connectivity index (χ2v) is 3.67. The number of amides is 1. The van der Waals surface area contributed by atoms with Crippen molar-refractivity contribution in [1.29, 1.82) is 0 Å². The number of nitrogen functional groups attached to an aromatic ring is 1. The van der Waals surface area contributed by atoms with Crippen LogP contribution in [-0.4, -0.2) is 45.2 Å². The SMILES string of the molecule is COCCN(C)C(=O)c1ccc(OC)cc1N. The van der Waals surface area contributed by atoms with Crippen LogP contribution in [0, 0.1) is 0 Å². The minimum Gasteiger partial charge on any atom is -0.497 e. The van der Waals surface area contributed by atoms with Crippen LogP contribution in [0.2, 0.25) is 0 Å². The number of ether oxygens (including phenoxy) is 2. The van der Waals surface area contributed by atoms with Crippen LogP contribution in [0.3, 0.4) is 0 Å². The molecule has 0 saturated heterocycles. The van der Waals surface area contributed by atoms with E-state index in [-0.39, 0.29) is 5.91 Å². The van der Waals surface area contributed by atoms with E-state index in [9.17, 15) is 4.79 Å². The Kier molecular flexibility index (Phi) is 4.78. The van der Waals surface area contributed by atoms with E-state index in [1.807, 2.05) is 0 Å². The van der Waals surface area contributed by atoms with E-state index in [0.29, 0.717) is 30.2 Å². The number of carbonyl (C=O) groups is 1. The number of carbonyl (C=O) groups excluding carboxylic acids is 1. The highest BCUT2D eigenvalue weighted by atomic mass is 16.5. The topological polar surface area (TPSA) is 64.8 Å². The Morgan fingerprint density at radius 2 is 2.12 bits per heavy atom. The van der Waals surface area contributed by atoms with E-state index in [4.69, 9.17) is 15.2 Å². The van der Waals surface area contributed by atoms with Gasteiger partial charge in [-0.3, -0.25) is 4.79 Å². The van der Waals surface area contributed by atoms with Crippen LogP contribution in [0.1, 0.15) is 10.4 Å². The molecule has 1 aromatic carbocycles. The lowest BCUT2D eigenvalue weighted by molar-refractivity contribution is 0.0745. The van der Waals surface area contributed by atoms with Gasteiger partial charge in [-0.2, -0.15) is 0 Å². The molecule has 0 radical (unpaired) electrons. The number of rotatable bonds is 5. The van der Waals surface area contributed by atoms with Crippen molar-refractivity contribution < 1.29 is 14.3 Å². The third kappa shape index (κ3) is 3.35. The molecule has 5 heteroatoms. The number of likely N-dealkylation sites (N-methyl/N-ethyl adjacent to an activating group) is 1. The van der Waals surface area contributed by atoms with E-state index < -0.39 is 0 Å². The fraction of sp³-hybridized carbons (Fsp3) is 0.417. The molecule has 0 aliphatic carbocycles. The number of benzene rings is 1. The summed E-state index contributed by atoms with van der Waals surface area (Å²) in [7, 11) is 4.87. The number of nitrogens with two attached hydrogens (primary N) is 1. The third-order valence-corrected chi connectivity index (χ3v) is 2.47. The molecule has 0 spiro atoms. The summed E-state index contributed by atoms with van der Waals surface area (Å²) in [6.07, 6.45) is 0. The Morgan fingerprint density at radius 3 is 2.65 bits per heavy atom. The van der Waals surface area contributed by atoms with Gasteiger partial charge in [-0.15, -0.1) is 0 Å². The highest BCUT2D eigenvalue weighted by Gasteiger charge is 2.14. The van der Waals surface area contributed by atoms with Gasteiger partial charge in [0.2, 0.25) is 0 Å². The normalized spacial score (nSPS) is 10.1. The van der Waals surface area contributed by atoms with Gasteiger partial charge in [0.1, 0.15) is 5.75 Å². The standard InChI is InChI=1S/C12H18N2O3/c1-14(6-7-16-2)12(15)10-5-4-9(17-3)8-11(10)13/h4-5,8H,6-7,13H2,1-3H3. The Hall–Kier alpha value is -1.75. The van der Waals surface area contributed by atoms with Gasteiger partial charge in [-0.25, -0.2) is 0 Å². The quantitative estimate of drug-likeness (QED) is 0.777. The fourth-order valence-electron chi connectivity index (χ4n) is 1.40. The van der Waals surface area contributed by atoms with Gasteiger partial charge in [0.25, 0.3) is 5.91 Å². The molecule has 2 N–H and O–H groups in total. The van der Waals surface area contributed by atoms with Crippen molar-refractivity contribution in [2.45, 2.75) is 0 Å². The largest absolute Gasteiger partial charge is 0.497 e. The highest BCUT2D eigenvalue weighted by Crippen LogP contribution is 2.20. The van der Waals surface area contributed by atoms with Crippen molar-refractivity contribution in [3.63, 3.8) is 0 Å². The van der Waals surface area contributed by atoms with Crippen LogP contribution in [0.5, 0.6) is 5.75 Å². The fourth-order valence-corrected chi connectivity index (χ4v) is 1.40. The molecule has 17 heavy (non-hydrogen) atoms. The highest BCUT2D eigenvalue weighted by molar-refractivity contribution is 5.99. The molecular formula is C12H18N2O3. The van der Waals surface area contributed by atoms with Crippen LogP contribution in [-0.2, 0) is 4.74 Å². The second kappa shape index (κ2) is 6.10. The van der Waals surface area contributed by atoms with Crippen molar-refractivity contribution in [2.75, 3.05) is 40.2 Å². The average molecular weight is 238 g/mol. The first-order valence-corrected chi connectivity index (χ1v) is 5.28. The molecule has 0 unspecified atom stereocenters. The molecule has 0 fully saturated rings. The number of hydrogen-bond donors (Lipinski definition) is 1. The molecule has 0 bridgehead atoms. The zero-order chi connectivity index (χ0) is 12.8. The first-order valence-electron chi connectivity index (χ1n) is 5.28. The van der Waals surface area contributed by atoms with Crippen molar-refractivity contribution in [1.82, 2.24) is 4.90 Å². The van der Waals surface area contributed by atoms with Crippen molar-refractivity contribution in [2.24, 2.45) is 0 Å². The first-order chi connectivity index (χ1) is 8.10. The van der Waals surface area contributed by atoms with Gasteiger partial charge >= 0.3 is 0 Å². The van der Waals surface area contributed by atoms with Gasteiger partial charge < -0.3 is 20.1 Å². The third-order valence-electron chi connectivity index (χ3n) is 2.47. The molecule has 0 aliphatic rings. The lowest BCUT2D eigenvalue weighted by Gasteiger charge is -2.17. The summed E-state index contributed by atoms with van der Waals surface area (Å²) in [5, 5.41) is 0. The van der Waals surface area contributed by atoms with Crippen molar-refractivity contribution >= 4 is 11.6 Å². The molecular weight excluding hydrogens is 220 g/mol. The van der Waals surface area contributed by atoms with Crippen LogP contribution < -0.4 is 10.5 Å². The average Bonchev–Trinajstić information content (AvgIpc) is 2.34. The van der Waals surface area contributed by atoms with Crippen molar-refractivity contribution in [3.8, 4) is 5.75 Å². The molecule has 0 aromatic heterocycles. The van der Waals surface area contributed by atoms with Crippen LogP contribution >= 0.6 is 0 Å². The Balaban J connectivity index is 2.81. The lowest BCUT2D eigenvalue weighted by atomic mass is 10.1. The number of nitrogens with zero attached hydrogens (tertiary/aromatic N) is 1. The molecule has 1 amide bonds. The Bertz CT molecular complexity index is 393. The van der Waals surface area contributed by atoms with Gasteiger partial charge in [0.15, 0.2) is 0 Å². The second-order valence-electron chi connectivity index (χ2n) is 3.67. The van der Waals surface area contributed by atoms with E-state index >= 15 is 0 Å². The molecule has 1 aromatic rings. The molecule has 0 saturated carbocycles. The van der Waals surface area contributed by atoms with E-state index in [2.05, 4.69) is 0 Å². The molecule has 94 valence electrons. The maximum Gasteiger partial charge on any atom is 0.255 e. The summed E-state index contributed by atoms with van der Waals surface area (Å²) in [6, 6.07) is 5.02. The molecule has 0 atom stereocenters. The first kappa shape index (κ1) is 13.3. The van der Waals surface area contributed by atoms with E-state index in [1.165, 1.54) is 0 Å². The smallest absolute Gasteiger partial charge is 0.255 e. The Labute approximate surface area is 101 Å². The van der Waals surface area contributed by atoms with Gasteiger partial charge in [0, 0.05) is 32.5 Å². The summed E-state index contributed by atoms with van der Waals surface area (Å²) in [4.78, 5) is 13.6. The molecule has 5 nitrogen and oxygen atoms in total. The minimum absolute atomic E-state index is 0.123. The van der Waals surface area contributed by atoms with Crippen LogP contribution in [0.4, 0.5) is 5.69 Å². The zero-order valence-corrected chi connectivity index (χ0v) is 10.4. The monoisotopic (exact) mass is 238 g/mol. The zero-order valence-electron chi connectivity index (χ0n) is 10.4. The predicted octanol–water partition coefficient (Wildman–Crippen LogP) is 0.996. The summed E-state index contributed by atoms with van der Waals surface area (Å²) in [5.41, 5.74) is 6.70. The van der Waals surface area contributed by atoms with E-state index in [1.54, 1.807) is 44.4 Å². The van der Waals surface area contributed by atoms with Gasteiger partial charge in [0.05, 0.1) is 19.3 Å². The summed E-state index contributed by atoms with van der Waals surface area (Å²) in [5.74, 6) is 0.515. The van der Waals surface area contributed by atoms with E-state index in [0.717, 1.165) is 0 Å². The van der Waals surface area contributed by atoms with Crippen LogP contribution in [0.25, 0.3) is 0 Å². The van der Waals surface area contributed by atoms with Crippen molar-refractivity contribution in [3.05, 3.63) is 23.8 Å². The number of methoxy groups -OCH3 is 2. The maximum atomic E-state index is 12.0. The predicted molar refractivity (Wildman–Crippen MR) is 66.2 cm³/mol. The molecule has 0 heterocycles. The van der Waals surface area contributed by atoms with Gasteiger partial charge in [-0.1, -0.05) is 0 Å². The summed E-state index contributed by atoms with van der Waals surface area (Å²) in [6.45, 7) is 1.03. The molecule has 1 rings (SSSR count). The van der Waals surface area contributed by atoms with Crippen LogP contribution in [0.15, 0.2) is 18.2 Å². The number of hydrogen-bond acceptors (Lipinski definition) is 4. The maximum absolute atomic E-state index is 12.0. The summed E-state index contributed by atoms with van der Waals surface area (Å²) >= 11 is 0. The van der Waals surface area contributed by atoms with Gasteiger partial charge in [-0.05, 0) is 12.1 Å². The lowest BCUT2D eigenvalue weighted by Crippen LogP contribution is -2.30. The molecule has 0 aliphatic heterocycles. The Morgan fingerprint density at radius 1 is 1.41 bits per heavy atom. The number of anilines is 1. The summed E-state index contributed by atoms with van der Waals surface area (Å²) < 4.78 is 9.95. The minimum atomic E-state index is -0.123.